The van der Waals surface area contributed by atoms with E-state index in [0.29, 0.717) is 11.1 Å². The first kappa shape index (κ1) is 23.7. The lowest BCUT2D eigenvalue weighted by molar-refractivity contribution is -0.132. The van der Waals surface area contributed by atoms with Crippen molar-refractivity contribution in [2.75, 3.05) is 12.0 Å². The molecule has 0 bridgehead atoms. The highest BCUT2D eigenvalue weighted by atomic mass is 35.5. The molecule has 0 aromatic heterocycles. The summed E-state index contributed by atoms with van der Waals surface area (Å²) in [6.07, 6.45) is 0. The molecule has 1 atom stereocenters. The highest BCUT2D eigenvalue weighted by Gasteiger charge is 2.47. The first-order valence-corrected chi connectivity index (χ1v) is 10.8. The van der Waals surface area contributed by atoms with Crippen LogP contribution in [0, 0.1) is 18.6 Å². The fourth-order valence-corrected chi connectivity index (χ4v) is 4.61. The second kappa shape index (κ2) is 9.08. The fourth-order valence-electron chi connectivity index (χ4n) is 3.97. The van der Waals surface area contributed by atoms with Gasteiger partial charge in [-0.15, -0.1) is 0 Å². The normalized spacial score (nSPS) is 17.4. The van der Waals surface area contributed by atoms with Crippen LogP contribution in [-0.4, -0.2) is 23.9 Å². The lowest BCUT2D eigenvalue weighted by Gasteiger charge is -2.26. The number of ether oxygens (including phenoxy) is 1. The molecule has 0 spiro atoms. The van der Waals surface area contributed by atoms with Gasteiger partial charge in [-0.3, -0.25) is 14.5 Å². The van der Waals surface area contributed by atoms with Crippen LogP contribution >= 0.6 is 23.2 Å². The summed E-state index contributed by atoms with van der Waals surface area (Å²) < 4.78 is 32.7. The number of hydrogen-bond donors (Lipinski definition) is 1. The van der Waals surface area contributed by atoms with E-state index in [1.807, 2.05) is 0 Å². The summed E-state index contributed by atoms with van der Waals surface area (Å²) in [5, 5.41) is 11.4. The van der Waals surface area contributed by atoms with Gasteiger partial charge in [-0.2, -0.15) is 0 Å². The van der Waals surface area contributed by atoms with Crippen LogP contribution in [0.4, 0.5) is 14.5 Å². The second-order valence-electron chi connectivity index (χ2n) is 7.60. The standard InChI is InChI=1S/C25H17Cl2F2NO4/c1-12-5-3-4-6-15(12)21-20(22(31)13-9-16(26)24(34-2)17(27)10-13)23(32)25(33)30(21)14-7-8-18(28)19(29)11-14/h3-11,21,31H,1-2H3/b22-20+. The number of halogens is 4. The number of carbonyl (C=O) groups is 2. The number of carbonyl (C=O) groups excluding carboxylic acids is 2. The van der Waals surface area contributed by atoms with Gasteiger partial charge in [0.1, 0.15) is 5.76 Å². The van der Waals surface area contributed by atoms with E-state index in [0.717, 1.165) is 17.0 Å². The van der Waals surface area contributed by atoms with Crippen LogP contribution in [0.2, 0.25) is 10.0 Å². The summed E-state index contributed by atoms with van der Waals surface area (Å²) in [6.45, 7) is 1.77. The Hall–Kier alpha value is -3.42. The predicted molar refractivity (Wildman–Crippen MR) is 125 cm³/mol. The Balaban J connectivity index is 1.99. The molecule has 4 rings (SSSR count). The maximum Gasteiger partial charge on any atom is 0.300 e. The van der Waals surface area contributed by atoms with Crippen molar-refractivity contribution in [3.05, 3.63) is 98.5 Å². The Morgan fingerprint density at radius 1 is 1.00 bits per heavy atom. The number of aryl methyl sites for hydroxylation is 1. The minimum Gasteiger partial charge on any atom is -0.507 e. The van der Waals surface area contributed by atoms with Crippen molar-refractivity contribution in [3.8, 4) is 5.75 Å². The number of methoxy groups -OCH3 is 1. The van der Waals surface area contributed by atoms with Gasteiger partial charge in [-0.25, -0.2) is 8.78 Å². The van der Waals surface area contributed by atoms with E-state index < -0.39 is 35.1 Å². The molecule has 9 heteroatoms. The van der Waals surface area contributed by atoms with Crippen molar-refractivity contribution in [1.29, 1.82) is 0 Å². The Morgan fingerprint density at radius 3 is 2.24 bits per heavy atom. The molecule has 1 amide bonds. The SMILES string of the molecule is COc1c(Cl)cc(/C(O)=C2\C(=O)C(=O)N(c3ccc(F)c(F)c3)C2c2ccccc2C)cc1Cl. The van der Waals surface area contributed by atoms with Gasteiger partial charge < -0.3 is 9.84 Å². The molecule has 1 aliphatic heterocycles. The minimum atomic E-state index is -1.18. The number of benzene rings is 3. The maximum absolute atomic E-state index is 14.0. The van der Waals surface area contributed by atoms with Crippen LogP contribution in [-0.2, 0) is 9.59 Å². The van der Waals surface area contributed by atoms with Gasteiger partial charge in [0.15, 0.2) is 17.4 Å². The van der Waals surface area contributed by atoms with E-state index in [-0.39, 0.29) is 32.6 Å². The number of Topliss-reactive ketones (excluding diaryl/α,β-unsaturated/α-hetero) is 1. The van der Waals surface area contributed by atoms with Gasteiger partial charge in [-0.05, 0) is 42.3 Å². The molecule has 5 nitrogen and oxygen atoms in total. The van der Waals surface area contributed by atoms with Gasteiger partial charge >= 0.3 is 0 Å². The maximum atomic E-state index is 14.0. The van der Waals surface area contributed by atoms with Crippen LogP contribution in [0.5, 0.6) is 5.75 Å². The summed E-state index contributed by atoms with van der Waals surface area (Å²) >= 11 is 12.4. The summed E-state index contributed by atoms with van der Waals surface area (Å²) in [7, 11) is 1.37. The molecule has 3 aromatic carbocycles. The number of aliphatic hydroxyl groups is 1. The van der Waals surface area contributed by atoms with E-state index >= 15 is 0 Å². The monoisotopic (exact) mass is 503 g/mol. The molecule has 1 N–H and O–H groups in total. The van der Waals surface area contributed by atoms with Gasteiger partial charge in [0.2, 0.25) is 0 Å². The first-order valence-electron chi connectivity index (χ1n) is 10.0. The molecule has 174 valence electrons. The lowest BCUT2D eigenvalue weighted by atomic mass is 9.92. The molecule has 0 aliphatic carbocycles. The third-order valence-corrected chi connectivity index (χ3v) is 6.15. The third-order valence-electron chi connectivity index (χ3n) is 5.58. The highest BCUT2D eigenvalue weighted by molar-refractivity contribution is 6.51. The average molecular weight is 504 g/mol. The quantitative estimate of drug-likeness (QED) is 0.261. The Morgan fingerprint density at radius 2 is 1.65 bits per heavy atom. The Labute approximate surface area is 203 Å². The van der Waals surface area contributed by atoms with Gasteiger partial charge in [0, 0.05) is 17.3 Å². The fraction of sp³-hybridized carbons (Fsp3) is 0.120. The van der Waals surface area contributed by atoms with E-state index in [1.54, 1.807) is 31.2 Å². The topological polar surface area (TPSA) is 66.8 Å². The number of nitrogens with zero attached hydrogens (tertiary/aromatic N) is 1. The number of anilines is 1. The molecule has 3 aromatic rings. The Bertz CT molecular complexity index is 1350. The molecule has 1 saturated heterocycles. The molecular weight excluding hydrogens is 487 g/mol. The molecule has 0 saturated carbocycles. The number of aliphatic hydroxyl groups excluding tert-OH is 1. The number of amides is 1. The highest BCUT2D eigenvalue weighted by Crippen LogP contribution is 2.44. The van der Waals surface area contributed by atoms with E-state index in [4.69, 9.17) is 27.9 Å². The summed E-state index contributed by atoms with van der Waals surface area (Å²) in [5.74, 6) is -4.64. The summed E-state index contributed by atoms with van der Waals surface area (Å²) in [4.78, 5) is 27.3. The van der Waals surface area contributed by atoms with E-state index in [1.165, 1.54) is 25.3 Å². The summed E-state index contributed by atoms with van der Waals surface area (Å²) in [6, 6.07) is 11.4. The number of rotatable bonds is 4. The first-order chi connectivity index (χ1) is 16.1. The zero-order valence-corrected chi connectivity index (χ0v) is 19.4. The molecule has 1 unspecified atom stereocenters. The lowest BCUT2D eigenvalue weighted by Crippen LogP contribution is -2.30. The number of hydrogen-bond acceptors (Lipinski definition) is 4. The van der Waals surface area contributed by atoms with Crippen LogP contribution in [0.25, 0.3) is 5.76 Å². The third kappa shape index (κ3) is 3.91. The van der Waals surface area contributed by atoms with Crippen molar-refractivity contribution in [2.24, 2.45) is 0 Å². The van der Waals surface area contributed by atoms with Gasteiger partial charge in [-0.1, -0.05) is 47.5 Å². The predicted octanol–water partition coefficient (Wildman–Crippen LogP) is 6.21. The van der Waals surface area contributed by atoms with E-state index in [2.05, 4.69) is 0 Å². The van der Waals surface area contributed by atoms with E-state index in [9.17, 15) is 23.5 Å². The molecular formula is C25H17Cl2F2NO4. The molecule has 1 heterocycles. The van der Waals surface area contributed by atoms with Crippen molar-refractivity contribution in [1.82, 2.24) is 0 Å². The average Bonchev–Trinajstić information content (AvgIpc) is 3.05. The largest absolute Gasteiger partial charge is 0.507 e. The van der Waals surface area contributed by atoms with Crippen LogP contribution in [0.3, 0.4) is 0 Å². The molecule has 1 fully saturated rings. The molecule has 34 heavy (non-hydrogen) atoms. The van der Waals surface area contributed by atoms with Crippen molar-refractivity contribution >= 4 is 46.3 Å². The zero-order chi connectivity index (χ0) is 24.7. The second-order valence-corrected chi connectivity index (χ2v) is 8.41. The van der Waals surface area contributed by atoms with Crippen LogP contribution in [0.15, 0.2) is 60.2 Å². The van der Waals surface area contributed by atoms with Crippen LogP contribution in [0.1, 0.15) is 22.7 Å². The van der Waals surface area contributed by atoms with Crippen molar-refractivity contribution < 1.29 is 28.2 Å². The van der Waals surface area contributed by atoms with Crippen LogP contribution < -0.4 is 9.64 Å². The number of ketones is 1. The molecule has 1 aliphatic rings. The smallest absolute Gasteiger partial charge is 0.300 e. The van der Waals surface area contributed by atoms with Gasteiger partial charge in [0.05, 0.1) is 28.8 Å². The Kier molecular flexibility index (Phi) is 6.34. The zero-order valence-electron chi connectivity index (χ0n) is 17.9. The molecule has 0 radical (unpaired) electrons. The van der Waals surface area contributed by atoms with Crippen molar-refractivity contribution in [3.63, 3.8) is 0 Å². The minimum absolute atomic E-state index is 0.0425. The van der Waals surface area contributed by atoms with Crippen molar-refractivity contribution in [2.45, 2.75) is 13.0 Å². The van der Waals surface area contributed by atoms with Gasteiger partial charge in [0.25, 0.3) is 11.7 Å². The summed E-state index contributed by atoms with van der Waals surface area (Å²) in [5.41, 5.74) is 1.01.